The fourth-order valence-electron chi connectivity index (χ4n) is 0.499. The summed E-state index contributed by atoms with van der Waals surface area (Å²) in [5.74, 6) is -0.515. The third-order valence-corrected chi connectivity index (χ3v) is 1.29. The molecule has 0 heterocycles. The van der Waals surface area contributed by atoms with Gasteiger partial charge in [-0.1, -0.05) is 0 Å². The molecule has 74 valence electrons. The highest BCUT2D eigenvalue weighted by Crippen LogP contribution is 1.77. The fraction of sp³-hybridized carbons (Fsp3) is 0.500. The van der Waals surface area contributed by atoms with Crippen molar-refractivity contribution >= 4 is 11.9 Å². The van der Waals surface area contributed by atoms with E-state index in [1.807, 2.05) is 0 Å². The SMILES string of the molecule is COC(=O)/C=C/NCC(=O)N(C)C. The van der Waals surface area contributed by atoms with Gasteiger partial charge in [0.1, 0.15) is 0 Å². The summed E-state index contributed by atoms with van der Waals surface area (Å²) in [5, 5.41) is 2.66. The highest BCUT2D eigenvalue weighted by Gasteiger charge is 2.00. The third-order valence-electron chi connectivity index (χ3n) is 1.29. The summed E-state index contributed by atoms with van der Waals surface area (Å²) in [6.45, 7) is 0.167. The van der Waals surface area contributed by atoms with Crippen LogP contribution in [0, 0.1) is 0 Å². The zero-order valence-corrected chi connectivity index (χ0v) is 8.03. The van der Waals surface area contributed by atoms with Crippen molar-refractivity contribution in [2.24, 2.45) is 0 Å². The number of amides is 1. The van der Waals surface area contributed by atoms with E-state index in [9.17, 15) is 9.59 Å². The Labute approximate surface area is 77.4 Å². The largest absolute Gasteiger partial charge is 0.466 e. The minimum atomic E-state index is -0.454. The van der Waals surface area contributed by atoms with Crippen LogP contribution in [-0.2, 0) is 14.3 Å². The first kappa shape index (κ1) is 11.5. The topological polar surface area (TPSA) is 58.6 Å². The molecule has 0 aliphatic rings. The van der Waals surface area contributed by atoms with Crippen molar-refractivity contribution in [3.8, 4) is 0 Å². The van der Waals surface area contributed by atoms with Crippen LogP contribution in [0.2, 0.25) is 0 Å². The van der Waals surface area contributed by atoms with Crippen LogP contribution >= 0.6 is 0 Å². The molecule has 0 fully saturated rings. The maximum atomic E-state index is 11.0. The van der Waals surface area contributed by atoms with E-state index in [1.54, 1.807) is 14.1 Å². The predicted octanol–water partition coefficient (Wildman–Crippen LogP) is -0.649. The second-order valence-electron chi connectivity index (χ2n) is 2.53. The van der Waals surface area contributed by atoms with Crippen LogP contribution in [0.25, 0.3) is 0 Å². The first-order valence-electron chi connectivity index (χ1n) is 3.76. The van der Waals surface area contributed by atoms with Crippen molar-refractivity contribution in [3.63, 3.8) is 0 Å². The highest BCUT2D eigenvalue weighted by molar-refractivity contribution is 5.82. The Bertz CT molecular complexity index is 211. The Morgan fingerprint density at radius 2 is 2.08 bits per heavy atom. The smallest absolute Gasteiger partial charge is 0.331 e. The quantitative estimate of drug-likeness (QED) is 0.468. The number of hydrogen-bond acceptors (Lipinski definition) is 4. The van der Waals surface area contributed by atoms with Gasteiger partial charge in [-0.25, -0.2) is 4.79 Å². The summed E-state index contributed by atoms with van der Waals surface area (Å²) in [4.78, 5) is 23.0. The molecule has 0 saturated carbocycles. The van der Waals surface area contributed by atoms with Crippen LogP contribution in [0.3, 0.4) is 0 Å². The lowest BCUT2D eigenvalue weighted by atomic mass is 10.5. The van der Waals surface area contributed by atoms with Crippen LogP contribution < -0.4 is 5.32 Å². The molecular weight excluding hydrogens is 172 g/mol. The number of methoxy groups -OCH3 is 1. The lowest BCUT2D eigenvalue weighted by Crippen LogP contribution is -2.30. The number of carbonyl (C=O) groups is 2. The van der Waals surface area contributed by atoms with Crippen molar-refractivity contribution in [2.75, 3.05) is 27.7 Å². The normalized spacial score (nSPS) is 9.77. The van der Waals surface area contributed by atoms with Crippen LogP contribution in [-0.4, -0.2) is 44.5 Å². The molecule has 0 spiro atoms. The standard InChI is InChI=1S/C8H14N2O3/c1-10(2)7(11)6-9-5-4-8(12)13-3/h4-5,9H,6H2,1-3H3/b5-4+. The Balaban J connectivity index is 3.62. The molecular formula is C8H14N2O3. The number of likely N-dealkylation sites (N-methyl/N-ethyl adjacent to an activating group) is 1. The van der Waals surface area contributed by atoms with Crippen LogP contribution in [0.1, 0.15) is 0 Å². The monoisotopic (exact) mass is 186 g/mol. The van der Waals surface area contributed by atoms with Gasteiger partial charge in [-0.2, -0.15) is 0 Å². The van der Waals surface area contributed by atoms with Gasteiger partial charge in [-0.15, -0.1) is 0 Å². The molecule has 0 unspecified atom stereocenters. The van der Waals surface area contributed by atoms with Crippen LogP contribution in [0.4, 0.5) is 0 Å². The van der Waals surface area contributed by atoms with E-state index in [-0.39, 0.29) is 12.5 Å². The minimum Gasteiger partial charge on any atom is -0.466 e. The first-order valence-corrected chi connectivity index (χ1v) is 3.76. The van der Waals surface area contributed by atoms with Gasteiger partial charge in [0, 0.05) is 26.4 Å². The molecule has 0 rings (SSSR count). The van der Waals surface area contributed by atoms with Crippen molar-refractivity contribution in [1.29, 1.82) is 0 Å². The molecule has 0 radical (unpaired) electrons. The number of esters is 1. The van der Waals surface area contributed by atoms with E-state index in [2.05, 4.69) is 10.1 Å². The summed E-state index contributed by atoms with van der Waals surface area (Å²) in [7, 11) is 4.61. The molecule has 0 bridgehead atoms. The van der Waals surface area contributed by atoms with Gasteiger partial charge in [0.25, 0.3) is 0 Å². The second kappa shape index (κ2) is 6.05. The lowest BCUT2D eigenvalue weighted by molar-refractivity contribution is -0.135. The van der Waals surface area contributed by atoms with Gasteiger partial charge in [-0.3, -0.25) is 4.79 Å². The molecule has 0 aromatic rings. The first-order chi connectivity index (χ1) is 6.07. The van der Waals surface area contributed by atoms with Crippen molar-refractivity contribution < 1.29 is 14.3 Å². The Kier molecular flexibility index (Phi) is 5.34. The minimum absolute atomic E-state index is 0.0606. The average Bonchev–Trinajstić information content (AvgIpc) is 2.11. The molecule has 13 heavy (non-hydrogen) atoms. The summed E-state index contributed by atoms with van der Waals surface area (Å²) in [5.41, 5.74) is 0. The fourth-order valence-corrected chi connectivity index (χ4v) is 0.499. The average molecular weight is 186 g/mol. The zero-order valence-electron chi connectivity index (χ0n) is 8.03. The highest BCUT2D eigenvalue weighted by atomic mass is 16.5. The van der Waals surface area contributed by atoms with E-state index in [1.165, 1.54) is 24.3 Å². The van der Waals surface area contributed by atoms with Gasteiger partial charge in [0.2, 0.25) is 5.91 Å². The molecule has 0 saturated heterocycles. The van der Waals surface area contributed by atoms with Crippen molar-refractivity contribution in [2.45, 2.75) is 0 Å². The van der Waals surface area contributed by atoms with E-state index >= 15 is 0 Å². The van der Waals surface area contributed by atoms with Gasteiger partial charge < -0.3 is 15.0 Å². The van der Waals surface area contributed by atoms with E-state index in [0.717, 1.165) is 0 Å². The Morgan fingerprint density at radius 3 is 2.54 bits per heavy atom. The third kappa shape index (κ3) is 5.72. The summed E-state index contributed by atoms with van der Waals surface area (Å²) in [6.07, 6.45) is 2.59. The zero-order chi connectivity index (χ0) is 10.3. The summed E-state index contributed by atoms with van der Waals surface area (Å²) < 4.78 is 4.34. The van der Waals surface area contributed by atoms with Gasteiger partial charge >= 0.3 is 5.97 Å². The van der Waals surface area contributed by atoms with Crippen molar-refractivity contribution in [3.05, 3.63) is 12.3 Å². The molecule has 0 aliphatic carbocycles. The van der Waals surface area contributed by atoms with Crippen LogP contribution in [0.5, 0.6) is 0 Å². The molecule has 1 N–H and O–H groups in total. The molecule has 0 aliphatic heterocycles. The van der Waals surface area contributed by atoms with E-state index in [0.29, 0.717) is 0 Å². The molecule has 1 amide bonds. The Morgan fingerprint density at radius 1 is 1.46 bits per heavy atom. The molecule has 0 aromatic carbocycles. The number of rotatable bonds is 4. The van der Waals surface area contributed by atoms with Gasteiger partial charge in [0.15, 0.2) is 0 Å². The molecule has 0 atom stereocenters. The number of hydrogen-bond donors (Lipinski definition) is 1. The Hall–Kier alpha value is -1.52. The van der Waals surface area contributed by atoms with Crippen molar-refractivity contribution in [1.82, 2.24) is 10.2 Å². The maximum Gasteiger partial charge on any atom is 0.331 e. The van der Waals surface area contributed by atoms with Gasteiger partial charge in [0.05, 0.1) is 13.7 Å². The number of nitrogens with one attached hydrogen (secondary N) is 1. The number of carbonyl (C=O) groups excluding carboxylic acids is 2. The number of ether oxygens (including phenoxy) is 1. The molecule has 0 aromatic heterocycles. The molecule has 5 heteroatoms. The number of nitrogens with zero attached hydrogens (tertiary/aromatic N) is 1. The second-order valence-corrected chi connectivity index (χ2v) is 2.53. The lowest BCUT2D eigenvalue weighted by Gasteiger charge is -2.09. The van der Waals surface area contributed by atoms with Crippen LogP contribution in [0.15, 0.2) is 12.3 Å². The van der Waals surface area contributed by atoms with E-state index in [4.69, 9.17) is 0 Å². The van der Waals surface area contributed by atoms with Gasteiger partial charge in [-0.05, 0) is 0 Å². The maximum absolute atomic E-state index is 11.0. The molecule has 5 nitrogen and oxygen atoms in total. The summed E-state index contributed by atoms with van der Waals surface area (Å²) >= 11 is 0. The summed E-state index contributed by atoms with van der Waals surface area (Å²) in [6, 6.07) is 0. The van der Waals surface area contributed by atoms with E-state index < -0.39 is 5.97 Å². The predicted molar refractivity (Wildman–Crippen MR) is 47.9 cm³/mol.